The van der Waals surface area contributed by atoms with E-state index in [-0.39, 0.29) is 28.6 Å². The first-order chi connectivity index (χ1) is 14.8. The summed E-state index contributed by atoms with van der Waals surface area (Å²) in [5, 5.41) is 7.03. The highest BCUT2D eigenvalue weighted by Crippen LogP contribution is 2.35. The molecule has 1 aromatic carbocycles. The van der Waals surface area contributed by atoms with Gasteiger partial charge in [0.05, 0.1) is 17.0 Å². The first kappa shape index (κ1) is 22.2. The molecule has 3 aromatic rings. The third kappa shape index (κ3) is 4.36. The van der Waals surface area contributed by atoms with Gasteiger partial charge in [-0.1, -0.05) is 35.5 Å². The lowest BCUT2D eigenvalue weighted by Gasteiger charge is -2.09. The molecule has 0 aliphatic heterocycles. The number of thiophene rings is 1. The predicted octanol–water partition coefficient (Wildman–Crippen LogP) is 4.15. The lowest BCUT2D eigenvalue weighted by atomic mass is 10.1. The zero-order valence-corrected chi connectivity index (χ0v) is 18.8. The van der Waals surface area contributed by atoms with Crippen LogP contribution in [-0.2, 0) is 4.74 Å². The van der Waals surface area contributed by atoms with E-state index >= 15 is 0 Å². The fourth-order valence-electron chi connectivity index (χ4n) is 3.06. The Morgan fingerprint density at radius 1 is 1.13 bits per heavy atom. The van der Waals surface area contributed by atoms with Crippen molar-refractivity contribution in [2.75, 3.05) is 26.0 Å². The number of esters is 1. The second kappa shape index (κ2) is 9.13. The van der Waals surface area contributed by atoms with Crippen molar-refractivity contribution in [1.29, 1.82) is 0 Å². The second-order valence-corrected chi connectivity index (χ2v) is 7.98. The van der Waals surface area contributed by atoms with Crippen molar-refractivity contribution in [2.45, 2.75) is 20.8 Å². The van der Waals surface area contributed by atoms with Crippen molar-refractivity contribution in [3.63, 3.8) is 0 Å². The highest BCUT2D eigenvalue weighted by Gasteiger charge is 2.29. The molecule has 0 fully saturated rings. The molecule has 0 spiro atoms. The lowest BCUT2D eigenvalue weighted by Crippen LogP contribution is -2.21. The number of ether oxygens (including phenoxy) is 1. The smallest absolute Gasteiger partial charge is 0.341 e. The topological polar surface area (TPSA) is 102 Å². The predicted molar refractivity (Wildman–Crippen MR) is 118 cm³/mol. The monoisotopic (exact) mass is 441 g/mol. The summed E-state index contributed by atoms with van der Waals surface area (Å²) in [4.78, 5) is 40.1. The average molecular weight is 442 g/mol. The number of aromatic nitrogens is 1. The molecule has 2 amide bonds. The van der Waals surface area contributed by atoms with Gasteiger partial charge in [0.15, 0.2) is 0 Å². The quantitative estimate of drug-likeness (QED) is 0.577. The van der Waals surface area contributed by atoms with Crippen LogP contribution in [0.15, 0.2) is 34.9 Å². The van der Waals surface area contributed by atoms with Gasteiger partial charge in [-0.3, -0.25) is 9.59 Å². The minimum Gasteiger partial charge on any atom is -0.462 e. The van der Waals surface area contributed by atoms with Crippen molar-refractivity contribution in [2.24, 2.45) is 0 Å². The Balaban J connectivity index is 2.04. The van der Waals surface area contributed by atoms with Crippen LogP contribution in [0.4, 0.5) is 5.00 Å². The fourth-order valence-corrected chi connectivity index (χ4v) is 4.27. The van der Waals surface area contributed by atoms with Gasteiger partial charge in [-0.25, -0.2) is 4.79 Å². The van der Waals surface area contributed by atoms with Crippen LogP contribution in [0.1, 0.15) is 48.6 Å². The van der Waals surface area contributed by atoms with E-state index in [1.54, 1.807) is 34.9 Å². The van der Waals surface area contributed by atoms with E-state index in [0.29, 0.717) is 21.9 Å². The summed E-state index contributed by atoms with van der Waals surface area (Å²) < 4.78 is 10.4. The van der Waals surface area contributed by atoms with Crippen molar-refractivity contribution in [3.05, 3.63) is 57.7 Å². The number of anilines is 1. The van der Waals surface area contributed by atoms with Gasteiger partial charge >= 0.3 is 5.97 Å². The number of hydrogen-bond donors (Lipinski definition) is 1. The molecule has 9 heteroatoms. The van der Waals surface area contributed by atoms with Gasteiger partial charge in [-0.2, -0.15) is 0 Å². The van der Waals surface area contributed by atoms with Crippen LogP contribution in [0.2, 0.25) is 0 Å². The minimum atomic E-state index is -0.602. The van der Waals surface area contributed by atoms with Gasteiger partial charge < -0.3 is 19.5 Å². The third-order valence-electron chi connectivity index (χ3n) is 4.59. The second-order valence-electron chi connectivity index (χ2n) is 6.96. The number of carbonyl (C=O) groups excluding carboxylic acids is 3. The summed E-state index contributed by atoms with van der Waals surface area (Å²) >= 11 is 1.03. The molecule has 31 heavy (non-hydrogen) atoms. The number of amides is 2. The van der Waals surface area contributed by atoms with E-state index in [4.69, 9.17) is 9.26 Å². The van der Waals surface area contributed by atoms with Crippen LogP contribution < -0.4 is 5.32 Å². The van der Waals surface area contributed by atoms with Crippen molar-refractivity contribution < 1.29 is 23.6 Å². The Morgan fingerprint density at radius 2 is 1.81 bits per heavy atom. The molecule has 0 atom stereocenters. The highest BCUT2D eigenvalue weighted by atomic mass is 32.1. The minimum absolute atomic E-state index is 0.167. The maximum atomic E-state index is 13.2. The van der Waals surface area contributed by atoms with Crippen LogP contribution in [0.3, 0.4) is 0 Å². The van der Waals surface area contributed by atoms with Gasteiger partial charge in [0.1, 0.15) is 22.0 Å². The molecule has 0 aliphatic carbocycles. The standard InChI is InChI=1S/C22H23N3O5S/c1-6-29-22(28)15-12(2)18(21(27)25(4)5)31-20(15)23-19(26)16-13(3)30-24-17(16)14-10-8-7-9-11-14/h7-11H,6H2,1-5H3,(H,23,26). The maximum Gasteiger partial charge on any atom is 0.341 e. The van der Waals surface area contributed by atoms with Crippen molar-refractivity contribution >= 4 is 34.1 Å². The Kier molecular flexibility index (Phi) is 6.55. The molecule has 2 aromatic heterocycles. The largest absolute Gasteiger partial charge is 0.462 e. The number of aryl methyl sites for hydroxylation is 1. The molecule has 0 bridgehead atoms. The SMILES string of the molecule is CCOC(=O)c1c(NC(=O)c2c(-c3ccccc3)noc2C)sc(C(=O)N(C)C)c1C. The molecule has 3 rings (SSSR count). The van der Waals surface area contributed by atoms with Gasteiger partial charge in [-0.05, 0) is 26.3 Å². The molecule has 8 nitrogen and oxygen atoms in total. The van der Waals surface area contributed by atoms with Crippen LogP contribution in [0.5, 0.6) is 0 Å². The number of carbonyl (C=O) groups is 3. The Labute approximate surface area is 183 Å². The Morgan fingerprint density at radius 3 is 2.42 bits per heavy atom. The Bertz CT molecular complexity index is 1130. The normalized spacial score (nSPS) is 10.6. The molecule has 2 heterocycles. The van der Waals surface area contributed by atoms with Gasteiger partial charge in [0.2, 0.25) is 0 Å². The first-order valence-electron chi connectivity index (χ1n) is 9.61. The molecule has 0 saturated carbocycles. The van der Waals surface area contributed by atoms with E-state index in [2.05, 4.69) is 10.5 Å². The van der Waals surface area contributed by atoms with Crippen LogP contribution >= 0.6 is 11.3 Å². The van der Waals surface area contributed by atoms with Gasteiger partial charge in [-0.15, -0.1) is 11.3 Å². The van der Waals surface area contributed by atoms with Crippen LogP contribution in [-0.4, -0.2) is 48.5 Å². The van der Waals surface area contributed by atoms with Crippen molar-refractivity contribution in [3.8, 4) is 11.3 Å². The van der Waals surface area contributed by atoms with E-state index in [0.717, 1.165) is 16.9 Å². The number of hydrogen-bond acceptors (Lipinski definition) is 7. The summed E-state index contributed by atoms with van der Waals surface area (Å²) in [6.45, 7) is 5.16. The van der Waals surface area contributed by atoms with Crippen molar-refractivity contribution in [1.82, 2.24) is 10.1 Å². The molecular weight excluding hydrogens is 418 g/mol. The summed E-state index contributed by atoms with van der Waals surface area (Å²) in [5.41, 5.74) is 2.00. The van der Waals surface area contributed by atoms with Gasteiger partial charge in [0.25, 0.3) is 11.8 Å². The van der Waals surface area contributed by atoms with E-state index in [9.17, 15) is 14.4 Å². The highest BCUT2D eigenvalue weighted by molar-refractivity contribution is 7.18. The number of benzene rings is 1. The molecule has 0 radical (unpaired) electrons. The molecule has 0 unspecified atom stereocenters. The molecule has 0 saturated heterocycles. The molecular formula is C22H23N3O5S. The Hall–Kier alpha value is -3.46. The number of nitrogens with zero attached hydrogens (tertiary/aromatic N) is 2. The molecule has 162 valence electrons. The summed E-state index contributed by atoms with van der Waals surface area (Å²) in [6.07, 6.45) is 0. The summed E-state index contributed by atoms with van der Waals surface area (Å²) in [5.74, 6) is -1.02. The summed E-state index contributed by atoms with van der Waals surface area (Å²) in [7, 11) is 3.24. The fraction of sp³-hybridized carbons (Fsp3) is 0.273. The van der Waals surface area contributed by atoms with Gasteiger partial charge in [0, 0.05) is 19.7 Å². The number of rotatable bonds is 6. The number of nitrogens with one attached hydrogen (secondary N) is 1. The molecule has 0 aliphatic rings. The van der Waals surface area contributed by atoms with E-state index in [1.807, 2.05) is 30.3 Å². The van der Waals surface area contributed by atoms with E-state index < -0.39 is 11.9 Å². The lowest BCUT2D eigenvalue weighted by molar-refractivity contribution is 0.0527. The summed E-state index contributed by atoms with van der Waals surface area (Å²) in [6, 6.07) is 9.17. The zero-order valence-electron chi connectivity index (χ0n) is 17.9. The maximum absolute atomic E-state index is 13.2. The van der Waals surface area contributed by atoms with Crippen LogP contribution in [0.25, 0.3) is 11.3 Å². The van der Waals surface area contributed by atoms with E-state index in [1.165, 1.54) is 4.90 Å². The zero-order chi connectivity index (χ0) is 22.7. The van der Waals surface area contributed by atoms with Crippen LogP contribution in [0, 0.1) is 13.8 Å². The average Bonchev–Trinajstić information content (AvgIpc) is 3.28. The first-order valence-corrected chi connectivity index (χ1v) is 10.4. The molecule has 1 N–H and O–H groups in total. The third-order valence-corrected chi connectivity index (χ3v) is 5.79.